The molecule has 0 aliphatic carbocycles. The molecule has 0 saturated carbocycles. The van der Waals surface area contributed by atoms with Gasteiger partial charge in [0, 0.05) is 12.8 Å². The summed E-state index contributed by atoms with van der Waals surface area (Å²) in [7, 11) is 0. The van der Waals surface area contributed by atoms with Crippen LogP contribution in [0.4, 0.5) is 13.2 Å². The van der Waals surface area contributed by atoms with Crippen LogP contribution in [0.15, 0.2) is 18.3 Å². The van der Waals surface area contributed by atoms with E-state index in [2.05, 4.69) is 9.97 Å². The van der Waals surface area contributed by atoms with Gasteiger partial charge < -0.3 is 4.74 Å². The second-order valence-corrected chi connectivity index (χ2v) is 5.26. The Morgan fingerprint density at radius 1 is 1.30 bits per heavy atom. The van der Waals surface area contributed by atoms with Gasteiger partial charge in [-0.05, 0) is 31.9 Å². The minimum absolute atomic E-state index is 0.0333. The predicted molar refractivity (Wildman–Crippen MR) is 81.2 cm³/mol. The summed E-state index contributed by atoms with van der Waals surface area (Å²) in [5, 5.41) is -0.505. The van der Waals surface area contributed by atoms with Crippen molar-refractivity contribution in [3.63, 3.8) is 0 Å². The predicted octanol–water partition coefficient (Wildman–Crippen LogP) is 4.73. The monoisotopic (exact) mass is 347 g/mol. The van der Waals surface area contributed by atoms with E-state index in [0.717, 1.165) is 12.0 Å². The van der Waals surface area contributed by atoms with Crippen molar-refractivity contribution in [3.8, 4) is 11.5 Å². The SMILES string of the molecule is CCOC(C)n1c(-c2ccc(CC)cn2)nc(C(F)(F)F)c1Cl. The van der Waals surface area contributed by atoms with Crippen LogP contribution in [0.5, 0.6) is 0 Å². The fraction of sp³-hybridized carbons (Fsp3) is 0.467. The van der Waals surface area contributed by atoms with Crippen LogP contribution in [0.25, 0.3) is 11.5 Å². The van der Waals surface area contributed by atoms with Crippen LogP contribution >= 0.6 is 11.6 Å². The third-order valence-electron chi connectivity index (χ3n) is 3.35. The number of alkyl halides is 3. The number of pyridine rings is 1. The van der Waals surface area contributed by atoms with Crippen LogP contribution in [0, 0.1) is 0 Å². The second-order valence-electron chi connectivity index (χ2n) is 4.90. The number of aromatic nitrogens is 3. The molecule has 0 bridgehead atoms. The summed E-state index contributed by atoms with van der Waals surface area (Å²) in [5.74, 6) is 0.0333. The van der Waals surface area contributed by atoms with E-state index in [1.807, 2.05) is 6.92 Å². The smallest absolute Gasteiger partial charge is 0.359 e. The molecule has 0 saturated heterocycles. The zero-order valence-corrected chi connectivity index (χ0v) is 13.7. The van der Waals surface area contributed by atoms with Crippen molar-refractivity contribution in [3.05, 3.63) is 34.7 Å². The highest BCUT2D eigenvalue weighted by Crippen LogP contribution is 2.38. The molecule has 1 unspecified atom stereocenters. The first-order valence-corrected chi connectivity index (χ1v) is 7.59. The minimum atomic E-state index is -4.65. The first-order chi connectivity index (χ1) is 10.8. The van der Waals surface area contributed by atoms with Gasteiger partial charge in [-0.25, -0.2) is 4.98 Å². The fourth-order valence-electron chi connectivity index (χ4n) is 2.19. The molecule has 126 valence electrons. The highest BCUT2D eigenvalue weighted by Gasteiger charge is 2.39. The molecule has 0 fully saturated rings. The maximum atomic E-state index is 13.1. The molecule has 0 spiro atoms. The van der Waals surface area contributed by atoms with E-state index in [9.17, 15) is 13.2 Å². The molecule has 0 amide bonds. The average Bonchev–Trinajstić information content (AvgIpc) is 2.85. The summed E-state index contributed by atoms with van der Waals surface area (Å²) in [6.45, 7) is 5.66. The Kier molecular flexibility index (Phi) is 5.31. The lowest BCUT2D eigenvalue weighted by molar-refractivity contribution is -0.140. The first-order valence-electron chi connectivity index (χ1n) is 7.21. The van der Waals surface area contributed by atoms with E-state index >= 15 is 0 Å². The summed E-state index contributed by atoms with van der Waals surface area (Å²) < 4.78 is 45.9. The molecule has 0 aliphatic rings. The number of imidazole rings is 1. The largest absolute Gasteiger partial charge is 0.436 e. The zero-order valence-electron chi connectivity index (χ0n) is 13.0. The van der Waals surface area contributed by atoms with E-state index in [-0.39, 0.29) is 5.82 Å². The third kappa shape index (κ3) is 3.67. The maximum Gasteiger partial charge on any atom is 0.436 e. The number of hydrogen-bond acceptors (Lipinski definition) is 3. The summed E-state index contributed by atoms with van der Waals surface area (Å²) in [4.78, 5) is 7.87. The van der Waals surface area contributed by atoms with Gasteiger partial charge in [0.1, 0.15) is 17.1 Å². The van der Waals surface area contributed by atoms with E-state index in [1.165, 1.54) is 4.57 Å². The van der Waals surface area contributed by atoms with Gasteiger partial charge >= 0.3 is 6.18 Å². The van der Waals surface area contributed by atoms with Gasteiger partial charge in [0.05, 0.1) is 0 Å². The molecule has 4 nitrogen and oxygen atoms in total. The molecule has 23 heavy (non-hydrogen) atoms. The molecule has 2 heterocycles. The minimum Gasteiger partial charge on any atom is -0.359 e. The van der Waals surface area contributed by atoms with Gasteiger partial charge in [-0.1, -0.05) is 24.6 Å². The average molecular weight is 348 g/mol. The molecule has 0 aliphatic heterocycles. The molecule has 2 aromatic heterocycles. The van der Waals surface area contributed by atoms with Crippen LogP contribution in [-0.2, 0) is 17.3 Å². The van der Waals surface area contributed by atoms with Gasteiger partial charge in [-0.3, -0.25) is 9.55 Å². The van der Waals surface area contributed by atoms with Gasteiger partial charge in [0.2, 0.25) is 0 Å². The highest BCUT2D eigenvalue weighted by molar-refractivity contribution is 6.30. The van der Waals surface area contributed by atoms with E-state index in [0.29, 0.717) is 12.3 Å². The van der Waals surface area contributed by atoms with E-state index in [1.54, 1.807) is 32.2 Å². The Balaban J connectivity index is 2.59. The molecule has 8 heteroatoms. The van der Waals surface area contributed by atoms with Crippen LogP contribution < -0.4 is 0 Å². The Bertz CT molecular complexity index is 668. The van der Waals surface area contributed by atoms with Crippen LogP contribution in [0.2, 0.25) is 5.15 Å². The molecule has 2 aromatic rings. The Morgan fingerprint density at radius 2 is 2.00 bits per heavy atom. The van der Waals surface area contributed by atoms with Crippen molar-refractivity contribution in [2.75, 3.05) is 6.61 Å². The number of ether oxygens (including phenoxy) is 1. The second kappa shape index (κ2) is 6.88. The lowest BCUT2D eigenvalue weighted by atomic mass is 10.2. The van der Waals surface area contributed by atoms with E-state index < -0.39 is 23.3 Å². The number of rotatable bonds is 5. The molecular weight excluding hydrogens is 331 g/mol. The summed E-state index contributed by atoms with van der Waals surface area (Å²) >= 11 is 5.93. The summed E-state index contributed by atoms with van der Waals surface area (Å²) in [5.41, 5.74) is 0.153. The Labute approximate surface area is 137 Å². The lowest BCUT2D eigenvalue weighted by Crippen LogP contribution is -2.12. The number of hydrogen-bond donors (Lipinski definition) is 0. The summed E-state index contributed by atoms with van der Waals surface area (Å²) in [6.07, 6.45) is -2.95. The van der Waals surface area contributed by atoms with Gasteiger partial charge in [-0.15, -0.1) is 0 Å². The summed E-state index contributed by atoms with van der Waals surface area (Å²) in [6, 6.07) is 3.43. The number of aryl methyl sites for hydroxylation is 1. The topological polar surface area (TPSA) is 39.9 Å². The van der Waals surface area contributed by atoms with Crippen molar-refractivity contribution in [1.29, 1.82) is 0 Å². The zero-order chi connectivity index (χ0) is 17.2. The van der Waals surface area contributed by atoms with Gasteiger partial charge in [0.25, 0.3) is 0 Å². The lowest BCUT2D eigenvalue weighted by Gasteiger charge is -2.17. The first kappa shape index (κ1) is 17.7. The van der Waals surface area contributed by atoms with Crippen molar-refractivity contribution < 1.29 is 17.9 Å². The van der Waals surface area contributed by atoms with Crippen LogP contribution in [-0.4, -0.2) is 21.1 Å². The molecule has 0 N–H and O–H groups in total. The Hall–Kier alpha value is -1.60. The van der Waals surface area contributed by atoms with Crippen molar-refractivity contribution in [2.45, 2.75) is 39.6 Å². The maximum absolute atomic E-state index is 13.1. The van der Waals surface area contributed by atoms with Gasteiger partial charge in [-0.2, -0.15) is 13.2 Å². The molecular formula is C15H17ClF3N3O. The molecule has 0 aromatic carbocycles. The molecule has 1 atom stereocenters. The highest BCUT2D eigenvalue weighted by atomic mass is 35.5. The Morgan fingerprint density at radius 3 is 2.48 bits per heavy atom. The number of nitrogens with zero attached hydrogens (tertiary/aromatic N) is 3. The van der Waals surface area contributed by atoms with Crippen molar-refractivity contribution in [1.82, 2.24) is 14.5 Å². The molecule has 2 rings (SSSR count). The van der Waals surface area contributed by atoms with Crippen LogP contribution in [0.3, 0.4) is 0 Å². The number of halogens is 4. The van der Waals surface area contributed by atoms with Crippen molar-refractivity contribution in [2.24, 2.45) is 0 Å². The fourth-order valence-corrected chi connectivity index (χ4v) is 2.55. The van der Waals surface area contributed by atoms with Crippen LogP contribution in [0.1, 0.15) is 38.3 Å². The van der Waals surface area contributed by atoms with Crippen molar-refractivity contribution >= 4 is 11.6 Å². The molecule has 0 radical (unpaired) electrons. The third-order valence-corrected chi connectivity index (χ3v) is 3.72. The van der Waals surface area contributed by atoms with E-state index in [4.69, 9.17) is 16.3 Å². The van der Waals surface area contributed by atoms with Gasteiger partial charge in [0.15, 0.2) is 11.5 Å². The standard InChI is InChI=1S/C15H17ClF3N3O/c1-4-10-6-7-11(20-8-10)14-21-12(15(17,18)19)13(16)22(14)9(3)23-5-2/h6-9H,4-5H2,1-3H3. The quantitative estimate of drug-likeness (QED) is 0.784. The normalized spacial score (nSPS) is 13.3.